The number of amides is 2. The molecule has 2 fully saturated rings. The number of fused-ring (bicyclic) bond motifs is 3. The second-order valence-corrected chi connectivity index (χ2v) is 9.04. The van der Waals surface area contributed by atoms with Crippen LogP contribution >= 0.6 is 0 Å². The molecule has 2 saturated heterocycles. The second kappa shape index (κ2) is 9.46. The smallest absolute Gasteiger partial charge is 0.407 e. The van der Waals surface area contributed by atoms with Crippen molar-refractivity contribution in [3.63, 3.8) is 0 Å². The van der Waals surface area contributed by atoms with E-state index < -0.39 is 30.3 Å². The first-order valence-electron chi connectivity index (χ1n) is 11.8. The van der Waals surface area contributed by atoms with Gasteiger partial charge < -0.3 is 24.8 Å². The average molecular weight is 465 g/mol. The van der Waals surface area contributed by atoms with Crippen molar-refractivity contribution in [1.29, 1.82) is 0 Å². The Morgan fingerprint density at radius 3 is 2.35 bits per heavy atom. The Balaban J connectivity index is 1.23. The topological polar surface area (TPSA) is 105 Å². The standard InChI is InChI=1S/C26H28N2O6/c29-24(28-13-6-5-11-22(28)25(30)31)23-21(12-14-33-23)27-26(32)34-15-20-18-9-3-1-7-16(18)17-8-2-4-10-19(17)20/h1-4,7-10,20-23H,5-6,11-15H2,(H,27,32)(H,30,31)/t21?,22-,23?/m0/s1. The Hall–Kier alpha value is -3.39. The Kier molecular flexibility index (Phi) is 6.24. The Morgan fingerprint density at radius 2 is 1.68 bits per heavy atom. The highest BCUT2D eigenvalue weighted by atomic mass is 16.6. The minimum atomic E-state index is -1.01. The number of aliphatic carboxylic acids is 1. The summed E-state index contributed by atoms with van der Waals surface area (Å²) in [6.07, 6.45) is 0.911. The highest BCUT2D eigenvalue weighted by molar-refractivity contribution is 5.88. The molecule has 2 aliphatic heterocycles. The number of carboxylic acids is 1. The van der Waals surface area contributed by atoms with Gasteiger partial charge in [0.2, 0.25) is 0 Å². The molecule has 2 unspecified atom stereocenters. The molecule has 2 heterocycles. The lowest BCUT2D eigenvalue weighted by molar-refractivity contribution is -0.157. The van der Waals surface area contributed by atoms with Crippen LogP contribution in [0.1, 0.15) is 42.7 Å². The summed E-state index contributed by atoms with van der Waals surface area (Å²) in [6.45, 7) is 0.878. The van der Waals surface area contributed by atoms with Crippen LogP contribution in [0.4, 0.5) is 4.79 Å². The van der Waals surface area contributed by atoms with E-state index in [1.165, 1.54) is 4.90 Å². The van der Waals surface area contributed by atoms with E-state index in [2.05, 4.69) is 29.6 Å². The molecule has 1 aliphatic carbocycles. The molecule has 0 radical (unpaired) electrons. The van der Waals surface area contributed by atoms with Gasteiger partial charge >= 0.3 is 12.1 Å². The number of nitrogens with one attached hydrogen (secondary N) is 1. The van der Waals surface area contributed by atoms with Crippen LogP contribution in [0, 0.1) is 0 Å². The van der Waals surface area contributed by atoms with Crippen LogP contribution in [0.15, 0.2) is 48.5 Å². The van der Waals surface area contributed by atoms with Gasteiger partial charge in [0.05, 0.1) is 6.04 Å². The van der Waals surface area contributed by atoms with Gasteiger partial charge in [0.15, 0.2) is 6.10 Å². The third-order valence-electron chi connectivity index (χ3n) is 7.05. The summed E-state index contributed by atoms with van der Waals surface area (Å²) >= 11 is 0. The van der Waals surface area contributed by atoms with Gasteiger partial charge in [0, 0.05) is 19.1 Å². The highest BCUT2D eigenvalue weighted by Gasteiger charge is 2.42. The third kappa shape index (κ3) is 4.14. The van der Waals surface area contributed by atoms with Gasteiger partial charge in [0.25, 0.3) is 5.91 Å². The number of rotatable bonds is 5. The van der Waals surface area contributed by atoms with Crippen molar-refractivity contribution in [3.05, 3.63) is 59.7 Å². The number of alkyl carbamates (subject to hydrolysis) is 1. The molecule has 3 atom stereocenters. The van der Waals surface area contributed by atoms with Crippen molar-refractivity contribution in [3.8, 4) is 11.1 Å². The maximum atomic E-state index is 13.1. The summed E-state index contributed by atoms with van der Waals surface area (Å²) in [5.41, 5.74) is 4.55. The molecule has 0 aromatic heterocycles. The van der Waals surface area contributed by atoms with E-state index in [4.69, 9.17) is 9.47 Å². The van der Waals surface area contributed by atoms with E-state index in [0.717, 1.165) is 35.1 Å². The molecule has 2 aromatic rings. The van der Waals surface area contributed by atoms with Crippen LogP contribution in [-0.4, -0.2) is 65.9 Å². The van der Waals surface area contributed by atoms with Crippen molar-refractivity contribution in [2.45, 2.75) is 49.8 Å². The first-order chi connectivity index (χ1) is 16.5. The molecule has 0 bridgehead atoms. The maximum absolute atomic E-state index is 13.1. The van der Waals surface area contributed by atoms with Crippen molar-refractivity contribution in [1.82, 2.24) is 10.2 Å². The molecule has 0 saturated carbocycles. The quantitative estimate of drug-likeness (QED) is 0.704. The normalized spacial score (nSPS) is 23.8. The van der Waals surface area contributed by atoms with E-state index >= 15 is 0 Å². The third-order valence-corrected chi connectivity index (χ3v) is 7.05. The summed E-state index contributed by atoms with van der Waals surface area (Å²) in [4.78, 5) is 38.8. The number of carboxylic acid groups (broad SMARTS) is 1. The fourth-order valence-corrected chi connectivity index (χ4v) is 5.39. The fourth-order valence-electron chi connectivity index (χ4n) is 5.39. The number of benzene rings is 2. The number of ether oxygens (including phenoxy) is 2. The summed E-state index contributed by atoms with van der Waals surface area (Å²) in [5.74, 6) is -1.44. The number of carbonyl (C=O) groups excluding carboxylic acids is 2. The van der Waals surface area contributed by atoms with E-state index in [1.54, 1.807) is 0 Å². The Morgan fingerprint density at radius 1 is 1.00 bits per heavy atom. The van der Waals surface area contributed by atoms with Gasteiger partial charge in [-0.15, -0.1) is 0 Å². The van der Waals surface area contributed by atoms with E-state index in [0.29, 0.717) is 26.0 Å². The summed E-state index contributed by atoms with van der Waals surface area (Å²) in [6, 6.07) is 14.8. The van der Waals surface area contributed by atoms with Gasteiger partial charge in [-0.05, 0) is 47.9 Å². The maximum Gasteiger partial charge on any atom is 0.407 e. The van der Waals surface area contributed by atoms with Crippen molar-refractivity contribution in [2.75, 3.05) is 19.8 Å². The van der Waals surface area contributed by atoms with E-state index in [1.807, 2.05) is 24.3 Å². The number of carbonyl (C=O) groups is 3. The monoisotopic (exact) mass is 464 g/mol. The molecule has 34 heavy (non-hydrogen) atoms. The van der Waals surface area contributed by atoms with Crippen LogP contribution in [0.5, 0.6) is 0 Å². The van der Waals surface area contributed by atoms with Gasteiger partial charge in [-0.3, -0.25) is 4.79 Å². The van der Waals surface area contributed by atoms with Crippen LogP contribution in [0.25, 0.3) is 11.1 Å². The Bertz CT molecular complexity index is 1060. The van der Waals surface area contributed by atoms with Crippen molar-refractivity contribution in [2.24, 2.45) is 0 Å². The number of nitrogens with zero attached hydrogens (tertiary/aromatic N) is 1. The first-order valence-corrected chi connectivity index (χ1v) is 11.8. The van der Waals surface area contributed by atoms with Crippen molar-refractivity contribution >= 4 is 18.0 Å². The summed E-state index contributed by atoms with van der Waals surface area (Å²) in [7, 11) is 0. The van der Waals surface area contributed by atoms with Crippen molar-refractivity contribution < 1.29 is 29.0 Å². The molecule has 2 aromatic carbocycles. The zero-order valence-corrected chi connectivity index (χ0v) is 18.8. The predicted octanol–water partition coefficient (Wildman–Crippen LogP) is 3.15. The summed E-state index contributed by atoms with van der Waals surface area (Å²) in [5, 5.41) is 12.3. The summed E-state index contributed by atoms with van der Waals surface area (Å²) < 4.78 is 11.2. The number of piperidine rings is 1. The highest BCUT2D eigenvalue weighted by Crippen LogP contribution is 2.44. The van der Waals surface area contributed by atoms with Crippen LogP contribution in [-0.2, 0) is 19.1 Å². The zero-order valence-electron chi connectivity index (χ0n) is 18.8. The molecule has 5 rings (SSSR count). The van der Waals surface area contributed by atoms with Crippen LogP contribution in [0.3, 0.4) is 0 Å². The number of hydrogen-bond acceptors (Lipinski definition) is 5. The molecular formula is C26H28N2O6. The SMILES string of the molecule is O=C(NC1CCOC1C(=O)N1CCCC[C@H]1C(=O)O)OCC1c2ccccc2-c2ccccc21. The van der Waals surface area contributed by atoms with Crippen LogP contribution in [0.2, 0.25) is 0 Å². The molecule has 0 spiro atoms. The predicted molar refractivity (Wildman–Crippen MR) is 123 cm³/mol. The molecule has 2 N–H and O–H groups in total. The van der Waals surface area contributed by atoms with Gasteiger partial charge in [-0.1, -0.05) is 48.5 Å². The van der Waals surface area contributed by atoms with Gasteiger partial charge in [0.1, 0.15) is 12.6 Å². The van der Waals surface area contributed by atoms with Gasteiger partial charge in [-0.25, -0.2) is 9.59 Å². The lowest BCUT2D eigenvalue weighted by Crippen LogP contribution is -2.55. The first kappa shape index (κ1) is 22.4. The minimum Gasteiger partial charge on any atom is -0.480 e. The Labute approximate surface area is 197 Å². The molecule has 8 nitrogen and oxygen atoms in total. The molecular weight excluding hydrogens is 436 g/mol. The minimum absolute atomic E-state index is 0.0555. The lowest BCUT2D eigenvalue weighted by atomic mass is 9.98. The van der Waals surface area contributed by atoms with E-state index in [-0.39, 0.29) is 18.4 Å². The molecule has 178 valence electrons. The molecule has 3 aliphatic rings. The van der Waals surface area contributed by atoms with Gasteiger partial charge in [-0.2, -0.15) is 0 Å². The number of likely N-dealkylation sites (tertiary alicyclic amines) is 1. The zero-order chi connectivity index (χ0) is 23.7. The largest absolute Gasteiger partial charge is 0.480 e. The van der Waals surface area contributed by atoms with E-state index in [9.17, 15) is 19.5 Å². The number of hydrogen-bond donors (Lipinski definition) is 2. The average Bonchev–Trinajstić information content (AvgIpc) is 3.44. The second-order valence-electron chi connectivity index (χ2n) is 9.04. The lowest BCUT2D eigenvalue weighted by Gasteiger charge is -2.35. The fraction of sp³-hybridized carbons (Fsp3) is 0.423. The molecule has 2 amide bonds. The molecule has 8 heteroatoms. The van der Waals surface area contributed by atoms with Crippen LogP contribution < -0.4 is 5.32 Å².